The molecule has 3 heterocycles. The van der Waals surface area contributed by atoms with Crippen LogP contribution in [0.3, 0.4) is 0 Å². The van der Waals surface area contributed by atoms with Gasteiger partial charge in [0.25, 0.3) is 0 Å². The van der Waals surface area contributed by atoms with Crippen molar-refractivity contribution in [2.24, 2.45) is 0 Å². The number of aromatic hydroxyl groups is 1. The van der Waals surface area contributed by atoms with Gasteiger partial charge in [0.2, 0.25) is 0 Å². The molecule has 1 aliphatic carbocycles. The van der Waals surface area contributed by atoms with Crippen LogP contribution in [0.1, 0.15) is 0 Å². The summed E-state index contributed by atoms with van der Waals surface area (Å²) >= 11 is -3.27. The molecule has 168 valence electrons. The van der Waals surface area contributed by atoms with Crippen molar-refractivity contribution >= 4 is 84.4 Å². The zero-order valence-electron chi connectivity index (χ0n) is 17.1. The molecule has 33 heavy (non-hydrogen) atoms. The second kappa shape index (κ2) is 9.44. The monoisotopic (exact) mass is 638 g/mol. The Labute approximate surface area is 212 Å². The number of phenols is 1. The van der Waals surface area contributed by atoms with Crippen molar-refractivity contribution in [1.29, 1.82) is 0 Å². The van der Waals surface area contributed by atoms with Crippen LogP contribution in [0.5, 0.6) is 5.75 Å². The molecule has 2 saturated heterocycles. The van der Waals surface area contributed by atoms with Gasteiger partial charge in [-0.3, -0.25) is 0 Å². The summed E-state index contributed by atoms with van der Waals surface area (Å²) in [6.07, 6.45) is 0. The van der Waals surface area contributed by atoms with Crippen molar-refractivity contribution in [2.75, 3.05) is 23.0 Å². The third-order valence-corrected chi connectivity index (χ3v) is 32.6. The Kier molecular flexibility index (Phi) is 6.53. The van der Waals surface area contributed by atoms with Crippen molar-refractivity contribution in [1.82, 2.24) is 0 Å². The predicted octanol–water partition coefficient (Wildman–Crippen LogP) is 4.76. The van der Waals surface area contributed by atoms with Gasteiger partial charge in [0.05, 0.1) is 0 Å². The van der Waals surface area contributed by atoms with Gasteiger partial charge in [0.1, 0.15) is 0 Å². The van der Waals surface area contributed by atoms with E-state index in [-0.39, 0.29) is 17.0 Å². The Balaban J connectivity index is 1.74. The fourth-order valence-corrected chi connectivity index (χ4v) is 33.6. The summed E-state index contributed by atoms with van der Waals surface area (Å²) in [5.41, 5.74) is 3.45. The number of hydrogen-bond acceptors (Lipinski definition) is 7. The van der Waals surface area contributed by atoms with E-state index in [0.29, 0.717) is 11.3 Å². The van der Waals surface area contributed by atoms with Crippen LogP contribution >= 0.6 is 40.1 Å². The summed E-state index contributed by atoms with van der Waals surface area (Å²) in [5, 5.41) is 11.8. The van der Waals surface area contributed by atoms with Crippen molar-refractivity contribution in [2.45, 2.75) is 0 Å². The first-order chi connectivity index (χ1) is 16.1. The molecule has 3 aliphatic heterocycles. The van der Waals surface area contributed by atoms with Crippen molar-refractivity contribution < 1.29 is 13.9 Å². The van der Waals surface area contributed by atoms with Crippen molar-refractivity contribution in [3.63, 3.8) is 0 Å². The Morgan fingerprint density at radius 1 is 0.818 bits per heavy atom. The molecule has 3 nitrogen and oxygen atoms in total. The quantitative estimate of drug-likeness (QED) is 0.257. The maximum atomic E-state index is 13.8. The molecule has 2 aromatic carbocycles. The third kappa shape index (κ3) is 4.09. The van der Waals surface area contributed by atoms with Crippen molar-refractivity contribution in [3.05, 3.63) is 64.6 Å². The molecule has 0 saturated carbocycles. The average molecular weight is 638 g/mol. The minimum absolute atomic E-state index is 0.0433. The van der Waals surface area contributed by atoms with Crippen molar-refractivity contribution in [3.8, 4) is 28.2 Å². The topological polar surface area (TPSA) is 50.4 Å². The first kappa shape index (κ1) is 22.8. The number of fused-ring (bicyclic) bond motifs is 2. The van der Waals surface area contributed by atoms with Gasteiger partial charge in [0.15, 0.2) is 0 Å². The summed E-state index contributed by atoms with van der Waals surface area (Å²) in [4.78, 5) is 13.1. The second-order valence-corrected chi connectivity index (χ2v) is 30.6. The molecule has 2 aromatic rings. The Hall–Kier alpha value is -0.623. The van der Waals surface area contributed by atoms with Crippen LogP contribution in [0.2, 0.25) is 0 Å². The van der Waals surface area contributed by atoms with Gasteiger partial charge in [-0.1, -0.05) is 0 Å². The van der Waals surface area contributed by atoms with E-state index in [0.717, 1.165) is 53.8 Å². The van der Waals surface area contributed by atoms with Crippen LogP contribution in [0.25, 0.3) is 33.4 Å². The second-order valence-electron chi connectivity index (χ2n) is 7.43. The molecular formula is C23H17As2FO3S4. The standard InChI is InChI=1S/C23H17As2FO3S4/c26-14-3-1-13(2-4-14)19-15-5-7-17(27)20(24-30-9-10-31-24)22(15)29-23-16(19)6-8-18(28)21(23)25-32-11-12-33-25/h1-8,27H,9-12H2. The van der Waals surface area contributed by atoms with E-state index in [1.165, 1.54) is 12.1 Å². The van der Waals surface area contributed by atoms with E-state index >= 15 is 0 Å². The number of phenolic OH excluding ortho intramolecular Hbond substituents is 1. The van der Waals surface area contributed by atoms with Gasteiger partial charge < -0.3 is 0 Å². The van der Waals surface area contributed by atoms with Crippen LogP contribution in [0, 0.1) is 5.82 Å². The molecule has 0 unspecified atom stereocenters. The molecular weight excluding hydrogens is 621 g/mol. The van der Waals surface area contributed by atoms with Gasteiger partial charge in [-0.2, -0.15) is 0 Å². The molecule has 0 aromatic heterocycles. The minimum atomic E-state index is -1.66. The molecule has 0 spiro atoms. The fraction of sp³-hybridized carbons (Fsp3) is 0.174. The predicted molar refractivity (Wildman–Crippen MR) is 147 cm³/mol. The molecule has 2 fully saturated rings. The Bertz CT molecular complexity index is 1380. The van der Waals surface area contributed by atoms with E-state index in [1.807, 2.05) is 52.2 Å². The van der Waals surface area contributed by atoms with E-state index in [2.05, 4.69) is 0 Å². The summed E-state index contributed by atoms with van der Waals surface area (Å²) in [7, 11) is 7.72. The normalized spacial score (nSPS) is 17.5. The van der Waals surface area contributed by atoms with Gasteiger partial charge in [0, 0.05) is 0 Å². The molecule has 0 atom stereocenters. The summed E-state index contributed by atoms with van der Waals surface area (Å²) in [5.74, 6) is 4.94. The number of rotatable bonds is 3. The van der Waals surface area contributed by atoms with Crippen LogP contribution in [-0.4, -0.2) is 52.8 Å². The van der Waals surface area contributed by atoms with Crippen LogP contribution < -0.4 is 14.1 Å². The summed E-state index contributed by atoms with van der Waals surface area (Å²) in [6.45, 7) is 0. The van der Waals surface area contributed by atoms with Gasteiger partial charge in [-0.25, -0.2) is 0 Å². The maximum absolute atomic E-state index is 13.8. The zero-order chi connectivity index (χ0) is 22.5. The number of halogens is 1. The fourth-order valence-electron chi connectivity index (χ4n) is 4.05. The van der Waals surface area contributed by atoms with Crippen LogP contribution in [0.4, 0.5) is 4.39 Å². The van der Waals surface area contributed by atoms with E-state index in [4.69, 9.17) is 4.42 Å². The first-order valence-corrected chi connectivity index (χ1v) is 25.1. The molecule has 10 heteroatoms. The van der Waals surface area contributed by atoms with Gasteiger partial charge in [-0.05, 0) is 0 Å². The number of benzene rings is 3. The first-order valence-electron chi connectivity index (χ1n) is 10.2. The van der Waals surface area contributed by atoms with E-state index in [9.17, 15) is 14.3 Å². The zero-order valence-corrected chi connectivity index (χ0v) is 24.1. The van der Waals surface area contributed by atoms with Crippen LogP contribution in [0.15, 0.2) is 57.7 Å². The summed E-state index contributed by atoms with van der Waals surface area (Å²) < 4.78 is 22.2. The Morgan fingerprint density at radius 2 is 1.45 bits per heavy atom. The third-order valence-electron chi connectivity index (χ3n) is 5.45. The van der Waals surface area contributed by atoms with Crippen LogP contribution in [-0.2, 0) is 0 Å². The van der Waals surface area contributed by atoms with Gasteiger partial charge >= 0.3 is 214 Å². The van der Waals surface area contributed by atoms with E-state index < -0.39 is 24.7 Å². The molecule has 6 rings (SSSR count). The number of hydrogen-bond donors (Lipinski definition) is 1. The Morgan fingerprint density at radius 3 is 2.12 bits per heavy atom. The SMILES string of the molecule is O=c1ccc2c(-c3ccc(F)cc3)c3ccc(O)c([As]4SCCS4)c3oc-2c1[As]1SCCS1. The molecule has 4 aliphatic rings. The summed E-state index contributed by atoms with van der Waals surface area (Å²) in [6, 6.07) is 13.7. The molecule has 0 amide bonds. The average Bonchev–Trinajstić information content (AvgIpc) is 3.53. The molecule has 0 bridgehead atoms. The molecule has 0 radical (unpaired) electrons. The van der Waals surface area contributed by atoms with Gasteiger partial charge in [-0.15, -0.1) is 0 Å². The molecule has 1 N–H and O–H groups in total. The van der Waals surface area contributed by atoms with E-state index in [1.54, 1.807) is 24.3 Å².